The summed E-state index contributed by atoms with van der Waals surface area (Å²) in [5.74, 6) is 0.873. The van der Waals surface area contributed by atoms with Crippen LogP contribution in [0.25, 0.3) is 0 Å². The second-order valence-electron chi connectivity index (χ2n) is 6.81. The summed E-state index contributed by atoms with van der Waals surface area (Å²) in [5, 5.41) is 5.65. The van der Waals surface area contributed by atoms with Gasteiger partial charge in [0.15, 0.2) is 0 Å². The minimum absolute atomic E-state index is 0.193. The molecule has 0 atom stereocenters. The van der Waals surface area contributed by atoms with Crippen LogP contribution in [0.4, 0.5) is 5.69 Å². The summed E-state index contributed by atoms with van der Waals surface area (Å²) in [6.45, 7) is 7.54. The van der Waals surface area contributed by atoms with E-state index in [0.717, 1.165) is 18.6 Å². The van der Waals surface area contributed by atoms with E-state index in [-0.39, 0.29) is 11.8 Å². The monoisotopic (exact) mass is 368 g/mol. The molecule has 0 bridgehead atoms. The smallest absolute Gasteiger partial charge is 0.255 e. The highest BCUT2D eigenvalue weighted by atomic mass is 16.5. The lowest BCUT2D eigenvalue weighted by molar-refractivity contribution is 0.0954. The van der Waals surface area contributed by atoms with E-state index in [1.165, 1.54) is 0 Å². The van der Waals surface area contributed by atoms with Crippen LogP contribution in [0, 0.1) is 5.92 Å². The quantitative estimate of drug-likeness (QED) is 0.685. The maximum Gasteiger partial charge on any atom is 0.255 e. The van der Waals surface area contributed by atoms with Crippen LogP contribution in [0.1, 0.15) is 54.3 Å². The minimum atomic E-state index is -0.264. The van der Waals surface area contributed by atoms with Crippen molar-refractivity contribution in [3.05, 3.63) is 59.7 Å². The number of carbonyl (C=O) groups is 2. The fourth-order valence-corrected chi connectivity index (χ4v) is 2.43. The molecule has 2 aromatic rings. The molecular formula is C22H28N2O3. The number of hydrogen-bond acceptors (Lipinski definition) is 3. The Hall–Kier alpha value is -2.82. The maximum atomic E-state index is 12.5. The molecule has 0 heterocycles. The predicted octanol–water partition coefficient (Wildman–Crippen LogP) is 4.50. The molecule has 0 fully saturated rings. The molecule has 0 unspecified atom stereocenters. The standard InChI is InChI=1S/C22H28N2O3/c1-4-14-23-22(26)19-7-5-6-8-20(19)24-21(25)17-9-11-18(12-10-17)27-15-13-16(2)3/h5-12,16H,4,13-15H2,1-3H3,(H,23,26)(H,24,25). The molecule has 0 spiro atoms. The third-order valence-electron chi connectivity index (χ3n) is 4.04. The Morgan fingerprint density at radius 2 is 1.70 bits per heavy atom. The fraction of sp³-hybridized carbons (Fsp3) is 0.364. The van der Waals surface area contributed by atoms with Gasteiger partial charge in [0.1, 0.15) is 5.75 Å². The lowest BCUT2D eigenvalue weighted by Crippen LogP contribution is -2.25. The maximum absolute atomic E-state index is 12.5. The molecule has 2 amide bonds. The van der Waals surface area contributed by atoms with E-state index in [1.807, 2.05) is 6.92 Å². The number of carbonyl (C=O) groups excluding carboxylic acids is 2. The number of amides is 2. The molecule has 0 saturated carbocycles. The third-order valence-corrected chi connectivity index (χ3v) is 4.04. The number of hydrogen-bond donors (Lipinski definition) is 2. The lowest BCUT2D eigenvalue weighted by atomic mass is 10.1. The Bertz CT molecular complexity index is 754. The minimum Gasteiger partial charge on any atom is -0.494 e. The number of ether oxygens (including phenoxy) is 1. The first-order valence-corrected chi connectivity index (χ1v) is 9.42. The van der Waals surface area contributed by atoms with E-state index in [4.69, 9.17) is 4.74 Å². The molecule has 144 valence electrons. The second-order valence-corrected chi connectivity index (χ2v) is 6.81. The molecule has 0 aliphatic carbocycles. The first kappa shape index (κ1) is 20.5. The Morgan fingerprint density at radius 3 is 2.37 bits per heavy atom. The molecule has 0 aliphatic heterocycles. The Morgan fingerprint density at radius 1 is 1.00 bits per heavy atom. The summed E-state index contributed by atoms with van der Waals surface area (Å²) in [5.41, 5.74) is 1.45. The summed E-state index contributed by atoms with van der Waals surface area (Å²) < 4.78 is 5.67. The van der Waals surface area contributed by atoms with Gasteiger partial charge in [-0.25, -0.2) is 0 Å². The van der Waals surface area contributed by atoms with Crippen molar-refractivity contribution in [1.82, 2.24) is 5.32 Å². The van der Waals surface area contributed by atoms with Crippen molar-refractivity contribution in [3.8, 4) is 5.75 Å². The van der Waals surface area contributed by atoms with Crippen LogP contribution < -0.4 is 15.4 Å². The average molecular weight is 368 g/mol. The Balaban J connectivity index is 2.02. The van der Waals surface area contributed by atoms with Gasteiger partial charge in [-0.2, -0.15) is 0 Å². The van der Waals surface area contributed by atoms with Crippen molar-refractivity contribution in [3.63, 3.8) is 0 Å². The van der Waals surface area contributed by atoms with Crippen LogP contribution in [0.15, 0.2) is 48.5 Å². The van der Waals surface area contributed by atoms with Gasteiger partial charge in [0.25, 0.3) is 11.8 Å². The van der Waals surface area contributed by atoms with E-state index < -0.39 is 0 Å². The molecule has 0 radical (unpaired) electrons. The Labute approximate surface area is 161 Å². The molecule has 2 aromatic carbocycles. The van der Waals surface area contributed by atoms with Crippen LogP contribution in [-0.4, -0.2) is 25.0 Å². The van der Waals surface area contributed by atoms with Crippen molar-refractivity contribution < 1.29 is 14.3 Å². The number of anilines is 1. The van der Waals surface area contributed by atoms with E-state index in [9.17, 15) is 9.59 Å². The SMILES string of the molecule is CCCNC(=O)c1ccccc1NC(=O)c1ccc(OCCC(C)C)cc1. The molecule has 2 rings (SSSR count). The Kier molecular flexibility index (Phi) is 7.86. The number of benzene rings is 2. The van der Waals surface area contributed by atoms with E-state index in [1.54, 1.807) is 48.5 Å². The highest BCUT2D eigenvalue weighted by Crippen LogP contribution is 2.18. The van der Waals surface area contributed by atoms with Crippen molar-refractivity contribution in [2.75, 3.05) is 18.5 Å². The first-order chi connectivity index (χ1) is 13.0. The number of rotatable bonds is 9. The third kappa shape index (κ3) is 6.44. The van der Waals surface area contributed by atoms with Crippen LogP contribution in [-0.2, 0) is 0 Å². The molecule has 5 nitrogen and oxygen atoms in total. The zero-order valence-electron chi connectivity index (χ0n) is 16.2. The van der Waals surface area contributed by atoms with E-state index in [0.29, 0.717) is 35.9 Å². The molecular weight excluding hydrogens is 340 g/mol. The fourth-order valence-electron chi connectivity index (χ4n) is 2.43. The summed E-state index contributed by atoms with van der Waals surface area (Å²) in [6, 6.07) is 14.0. The van der Waals surface area contributed by atoms with Gasteiger partial charge in [-0.1, -0.05) is 32.9 Å². The highest BCUT2D eigenvalue weighted by molar-refractivity contribution is 6.09. The lowest BCUT2D eigenvalue weighted by Gasteiger charge is -2.12. The first-order valence-electron chi connectivity index (χ1n) is 9.42. The topological polar surface area (TPSA) is 67.4 Å². The van der Waals surface area contributed by atoms with Gasteiger partial charge in [0.2, 0.25) is 0 Å². The van der Waals surface area contributed by atoms with Gasteiger partial charge in [-0.15, -0.1) is 0 Å². The number of nitrogens with one attached hydrogen (secondary N) is 2. The van der Waals surface area contributed by atoms with Gasteiger partial charge in [-0.3, -0.25) is 9.59 Å². The van der Waals surface area contributed by atoms with Gasteiger partial charge in [-0.05, 0) is 55.2 Å². The van der Waals surface area contributed by atoms with Gasteiger partial charge in [0.05, 0.1) is 17.9 Å². The zero-order valence-corrected chi connectivity index (χ0v) is 16.2. The zero-order chi connectivity index (χ0) is 19.6. The molecule has 27 heavy (non-hydrogen) atoms. The largest absolute Gasteiger partial charge is 0.494 e. The van der Waals surface area contributed by atoms with Gasteiger partial charge in [0, 0.05) is 12.1 Å². The van der Waals surface area contributed by atoms with Crippen molar-refractivity contribution in [1.29, 1.82) is 0 Å². The van der Waals surface area contributed by atoms with E-state index >= 15 is 0 Å². The van der Waals surface area contributed by atoms with Gasteiger partial charge >= 0.3 is 0 Å². The molecule has 0 aromatic heterocycles. The van der Waals surface area contributed by atoms with Gasteiger partial charge < -0.3 is 15.4 Å². The summed E-state index contributed by atoms with van der Waals surface area (Å²) in [6.07, 6.45) is 1.84. The highest BCUT2D eigenvalue weighted by Gasteiger charge is 2.13. The molecule has 2 N–H and O–H groups in total. The van der Waals surface area contributed by atoms with E-state index in [2.05, 4.69) is 24.5 Å². The van der Waals surface area contributed by atoms with Crippen LogP contribution in [0.2, 0.25) is 0 Å². The van der Waals surface area contributed by atoms with Crippen LogP contribution in [0.3, 0.4) is 0 Å². The van der Waals surface area contributed by atoms with Crippen molar-refractivity contribution >= 4 is 17.5 Å². The molecule has 0 saturated heterocycles. The predicted molar refractivity (Wildman–Crippen MR) is 108 cm³/mol. The summed E-state index contributed by atoms with van der Waals surface area (Å²) in [4.78, 5) is 24.8. The van der Waals surface area contributed by atoms with Crippen LogP contribution >= 0.6 is 0 Å². The summed E-state index contributed by atoms with van der Waals surface area (Å²) >= 11 is 0. The average Bonchev–Trinajstić information content (AvgIpc) is 2.66. The molecule has 5 heteroatoms. The molecule has 0 aliphatic rings. The number of para-hydroxylation sites is 1. The van der Waals surface area contributed by atoms with Crippen LogP contribution in [0.5, 0.6) is 5.75 Å². The van der Waals surface area contributed by atoms with Crippen molar-refractivity contribution in [2.45, 2.75) is 33.6 Å². The summed E-state index contributed by atoms with van der Waals surface area (Å²) in [7, 11) is 0. The second kappa shape index (κ2) is 10.4. The van der Waals surface area contributed by atoms with Crippen molar-refractivity contribution in [2.24, 2.45) is 5.92 Å². The normalized spacial score (nSPS) is 10.5.